The van der Waals surface area contributed by atoms with Gasteiger partial charge in [-0.05, 0) is 73.3 Å². The fourth-order valence-corrected chi connectivity index (χ4v) is 6.92. The van der Waals surface area contributed by atoms with Gasteiger partial charge in [0.25, 0.3) is 6.43 Å². The summed E-state index contributed by atoms with van der Waals surface area (Å²) in [4.78, 5) is 31.2. The normalized spacial score (nSPS) is 24.6. The van der Waals surface area contributed by atoms with Crippen LogP contribution in [0.5, 0.6) is 0 Å². The molecule has 1 aliphatic heterocycles. The minimum atomic E-state index is -2.54. The first-order valence-corrected chi connectivity index (χ1v) is 12.8. The van der Waals surface area contributed by atoms with Crippen LogP contribution >= 0.6 is 0 Å². The summed E-state index contributed by atoms with van der Waals surface area (Å²) in [5.74, 6) is 0.0724. The van der Waals surface area contributed by atoms with Gasteiger partial charge in [-0.3, -0.25) is 4.79 Å². The molecule has 0 radical (unpaired) electrons. The SMILES string of the molecule is O=C(O)OC12CCC(CC(=O)N3CCc4c(n(Cc5cccc(C(F)F)c5)c5ncccc45)C3)(CC1)C2. The molecule has 37 heavy (non-hydrogen) atoms. The fraction of sp³-hybridized carbons (Fsp3) is 0.464. The summed E-state index contributed by atoms with van der Waals surface area (Å²) in [5, 5.41) is 10.2. The highest BCUT2D eigenvalue weighted by Crippen LogP contribution is 2.60. The second-order valence-electron chi connectivity index (χ2n) is 10.9. The largest absolute Gasteiger partial charge is 0.506 e. The van der Waals surface area contributed by atoms with Gasteiger partial charge in [0.15, 0.2) is 0 Å². The first kappa shape index (κ1) is 23.9. The smallest absolute Gasteiger partial charge is 0.450 e. The van der Waals surface area contributed by atoms with Crippen molar-refractivity contribution in [3.63, 3.8) is 0 Å². The second kappa shape index (κ2) is 8.82. The first-order valence-electron chi connectivity index (χ1n) is 12.8. The van der Waals surface area contributed by atoms with Crippen molar-refractivity contribution in [3.05, 3.63) is 65.0 Å². The Labute approximate surface area is 213 Å². The number of halogens is 2. The maximum absolute atomic E-state index is 13.5. The minimum absolute atomic E-state index is 0.0112. The Morgan fingerprint density at radius 1 is 1.14 bits per heavy atom. The standard InChI is InChI=1S/C28H29F2N3O4/c29-24(30)19-4-1-3-18(13-19)15-33-22-16-32(12-6-20(22)21-5-2-11-31-25(21)33)23(34)14-27-7-9-28(17-27,10-8-27)37-26(35)36/h1-5,11,13,24H,6-10,12,14-17H2,(H,35,36). The van der Waals surface area contributed by atoms with Gasteiger partial charge in [0.2, 0.25) is 5.91 Å². The number of hydrogen-bond donors (Lipinski definition) is 1. The highest BCUT2D eigenvalue weighted by atomic mass is 19.3. The Morgan fingerprint density at radius 2 is 1.95 bits per heavy atom. The van der Waals surface area contributed by atoms with Crippen molar-refractivity contribution in [3.8, 4) is 0 Å². The van der Waals surface area contributed by atoms with Crippen LogP contribution in [0, 0.1) is 5.41 Å². The number of carboxylic acid groups (broad SMARTS) is 1. The number of benzene rings is 1. The van der Waals surface area contributed by atoms with Crippen molar-refractivity contribution in [1.82, 2.24) is 14.5 Å². The number of nitrogens with zero attached hydrogens (tertiary/aromatic N) is 3. The van der Waals surface area contributed by atoms with Crippen LogP contribution in [0.25, 0.3) is 11.0 Å². The lowest BCUT2D eigenvalue weighted by atomic mass is 9.80. The quantitative estimate of drug-likeness (QED) is 0.431. The van der Waals surface area contributed by atoms with Crippen LogP contribution in [0.1, 0.15) is 67.3 Å². The van der Waals surface area contributed by atoms with E-state index in [-0.39, 0.29) is 16.9 Å². The number of fused-ring (bicyclic) bond motifs is 5. The molecule has 2 aliphatic carbocycles. The summed E-state index contributed by atoms with van der Waals surface area (Å²) >= 11 is 0. The molecule has 1 aromatic carbocycles. The molecule has 1 amide bonds. The molecule has 2 fully saturated rings. The van der Waals surface area contributed by atoms with Gasteiger partial charge >= 0.3 is 6.16 Å². The molecule has 194 valence electrons. The van der Waals surface area contributed by atoms with Crippen molar-refractivity contribution in [2.45, 2.75) is 70.1 Å². The summed E-state index contributed by atoms with van der Waals surface area (Å²) < 4.78 is 33.9. The number of hydrogen-bond acceptors (Lipinski definition) is 4. The molecule has 3 aromatic rings. The summed E-state index contributed by atoms with van der Waals surface area (Å²) in [6.07, 6.45) is 2.61. The zero-order chi connectivity index (χ0) is 25.8. The van der Waals surface area contributed by atoms with E-state index in [0.717, 1.165) is 40.7 Å². The molecule has 2 saturated carbocycles. The molecular weight excluding hydrogens is 480 g/mol. The van der Waals surface area contributed by atoms with E-state index < -0.39 is 18.2 Å². The molecule has 2 aromatic heterocycles. The molecular formula is C28H29F2N3O4. The predicted molar refractivity (Wildman–Crippen MR) is 131 cm³/mol. The average Bonchev–Trinajstić information content (AvgIpc) is 3.51. The van der Waals surface area contributed by atoms with Gasteiger partial charge in [0, 0.05) is 42.4 Å². The van der Waals surface area contributed by atoms with Crippen molar-refractivity contribution in [1.29, 1.82) is 0 Å². The fourth-order valence-electron chi connectivity index (χ4n) is 6.92. The third-order valence-corrected chi connectivity index (χ3v) is 8.66. The van der Waals surface area contributed by atoms with Crippen LogP contribution in [-0.4, -0.2) is 43.8 Å². The van der Waals surface area contributed by atoms with Crippen LogP contribution in [0.15, 0.2) is 42.6 Å². The Bertz CT molecular complexity index is 1380. The van der Waals surface area contributed by atoms with Gasteiger partial charge in [0.05, 0.1) is 6.54 Å². The van der Waals surface area contributed by atoms with E-state index in [1.54, 1.807) is 12.3 Å². The predicted octanol–water partition coefficient (Wildman–Crippen LogP) is 5.69. The van der Waals surface area contributed by atoms with E-state index in [4.69, 9.17) is 9.84 Å². The zero-order valence-electron chi connectivity index (χ0n) is 20.5. The zero-order valence-corrected chi connectivity index (χ0v) is 20.5. The molecule has 6 rings (SSSR count). The number of pyridine rings is 1. The number of alkyl halides is 2. The molecule has 3 aliphatic rings. The number of carbonyl (C=O) groups is 2. The monoisotopic (exact) mass is 509 g/mol. The Morgan fingerprint density at radius 3 is 2.70 bits per heavy atom. The summed E-state index contributed by atoms with van der Waals surface area (Å²) in [6.45, 7) is 1.43. The van der Waals surface area contributed by atoms with Crippen molar-refractivity contribution < 1.29 is 28.2 Å². The molecule has 0 spiro atoms. The lowest BCUT2D eigenvalue weighted by molar-refractivity contribution is -0.134. The third kappa shape index (κ3) is 4.24. The molecule has 0 unspecified atom stereocenters. The van der Waals surface area contributed by atoms with E-state index in [9.17, 15) is 18.4 Å². The van der Waals surface area contributed by atoms with E-state index in [1.165, 1.54) is 12.1 Å². The Kier molecular flexibility index (Phi) is 5.69. The molecule has 9 heteroatoms. The molecule has 7 nitrogen and oxygen atoms in total. The highest BCUT2D eigenvalue weighted by molar-refractivity contribution is 5.84. The second-order valence-corrected chi connectivity index (χ2v) is 10.9. The topological polar surface area (TPSA) is 84.7 Å². The summed E-state index contributed by atoms with van der Waals surface area (Å²) in [5.41, 5.74) is 2.87. The Hall–Kier alpha value is -3.49. The average molecular weight is 510 g/mol. The maximum atomic E-state index is 13.5. The van der Waals surface area contributed by atoms with E-state index in [2.05, 4.69) is 9.55 Å². The molecule has 0 saturated heterocycles. The lowest BCUT2D eigenvalue weighted by Crippen LogP contribution is -2.39. The number of carbonyl (C=O) groups excluding carboxylic acids is 1. The van der Waals surface area contributed by atoms with Crippen molar-refractivity contribution in [2.24, 2.45) is 5.41 Å². The molecule has 3 heterocycles. The van der Waals surface area contributed by atoms with Crippen LogP contribution in [-0.2, 0) is 29.0 Å². The maximum Gasteiger partial charge on any atom is 0.506 e. The van der Waals surface area contributed by atoms with Gasteiger partial charge < -0.3 is 19.3 Å². The van der Waals surface area contributed by atoms with Gasteiger partial charge in [-0.15, -0.1) is 0 Å². The number of aromatic nitrogens is 2. The van der Waals surface area contributed by atoms with Crippen LogP contribution in [0.4, 0.5) is 13.6 Å². The van der Waals surface area contributed by atoms with E-state index >= 15 is 0 Å². The summed E-state index contributed by atoms with van der Waals surface area (Å²) in [7, 11) is 0. The van der Waals surface area contributed by atoms with Crippen LogP contribution in [0.3, 0.4) is 0 Å². The van der Waals surface area contributed by atoms with Gasteiger partial charge in [-0.2, -0.15) is 0 Å². The van der Waals surface area contributed by atoms with Crippen LogP contribution < -0.4 is 0 Å². The van der Waals surface area contributed by atoms with Crippen LogP contribution in [0.2, 0.25) is 0 Å². The lowest BCUT2D eigenvalue weighted by Gasteiger charge is -2.32. The number of ether oxygens (including phenoxy) is 1. The molecule has 1 N–H and O–H groups in total. The van der Waals surface area contributed by atoms with Crippen molar-refractivity contribution in [2.75, 3.05) is 6.54 Å². The summed E-state index contributed by atoms with van der Waals surface area (Å²) in [6, 6.07) is 10.4. The van der Waals surface area contributed by atoms with Gasteiger partial charge in [-0.1, -0.05) is 18.2 Å². The molecule has 0 atom stereocenters. The van der Waals surface area contributed by atoms with E-state index in [0.29, 0.717) is 51.7 Å². The Balaban J connectivity index is 1.25. The molecule has 2 bridgehead atoms. The number of rotatable bonds is 6. The first-order chi connectivity index (χ1) is 17.8. The minimum Gasteiger partial charge on any atom is -0.450 e. The third-order valence-electron chi connectivity index (χ3n) is 8.66. The van der Waals surface area contributed by atoms with Gasteiger partial charge in [-0.25, -0.2) is 18.6 Å². The highest BCUT2D eigenvalue weighted by Gasteiger charge is 2.57. The van der Waals surface area contributed by atoms with E-state index in [1.807, 2.05) is 23.1 Å². The van der Waals surface area contributed by atoms with Crippen molar-refractivity contribution >= 4 is 23.1 Å². The number of amides is 1. The van der Waals surface area contributed by atoms with Gasteiger partial charge in [0.1, 0.15) is 11.2 Å².